The first-order valence-electron chi connectivity index (χ1n) is 3.33. The normalized spacial score (nSPS) is 12.6. The Kier molecular flexibility index (Phi) is 3.65. The fourth-order valence-corrected chi connectivity index (χ4v) is 4.47. The summed E-state index contributed by atoms with van der Waals surface area (Å²) in [4.78, 5) is 0. The van der Waals surface area contributed by atoms with Gasteiger partial charge in [0.1, 0.15) is 0 Å². The Morgan fingerprint density at radius 2 is 1.85 bits per heavy atom. The maximum atomic E-state index is 10.7. The van der Waals surface area contributed by atoms with E-state index >= 15 is 0 Å². The van der Waals surface area contributed by atoms with Crippen LogP contribution >= 0.6 is 20.6 Å². The molecule has 6 heteroatoms. The molecule has 0 aliphatic carbocycles. The zero-order valence-corrected chi connectivity index (χ0v) is 9.82. The van der Waals surface area contributed by atoms with Gasteiger partial charge in [-0.05, 0) is 0 Å². The first-order chi connectivity index (χ1) is 5.99. The molecule has 0 saturated heterocycles. The van der Waals surface area contributed by atoms with Gasteiger partial charge in [0.05, 0.1) is 0 Å². The molecule has 0 radical (unpaired) electrons. The summed E-state index contributed by atoms with van der Waals surface area (Å²) < 4.78 is 35.8. The molecule has 1 aromatic rings. The Bertz CT molecular complexity index is 361. The molecular formula is C7H9IO4S. The second-order valence-electron chi connectivity index (χ2n) is 2.29. The first kappa shape index (κ1) is 10.9. The molecule has 0 saturated carbocycles. The van der Waals surface area contributed by atoms with Crippen molar-refractivity contribution in [2.75, 3.05) is 6.26 Å². The molecule has 0 spiro atoms. The zero-order chi connectivity index (χ0) is 9.90. The van der Waals surface area contributed by atoms with Gasteiger partial charge in [-0.1, -0.05) is 0 Å². The van der Waals surface area contributed by atoms with Crippen molar-refractivity contribution in [3.63, 3.8) is 0 Å². The van der Waals surface area contributed by atoms with E-state index in [-0.39, 0.29) is 0 Å². The van der Waals surface area contributed by atoms with Crippen molar-refractivity contribution in [1.29, 1.82) is 0 Å². The minimum absolute atomic E-state index is 0.567. The van der Waals surface area contributed by atoms with Crippen LogP contribution in [-0.4, -0.2) is 18.1 Å². The molecule has 74 valence electrons. The van der Waals surface area contributed by atoms with Gasteiger partial charge in [0, 0.05) is 0 Å². The molecule has 0 amide bonds. The topological polar surface area (TPSA) is 63.6 Å². The molecule has 1 aromatic carbocycles. The van der Waals surface area contributed by atoms with Gasteiger partial charge in [0.25, 0.3) is 0 Å². The van der Waals surface area contributed by atoms with Crippen molar-refractivity contribution in [3.8, 4) is 0 Å². The third kappa shape index (κ3) is 4.03. The van der Waals surface area contributed by atoms with E-state index in [2.05, 4.69) is 2.51 Å². The Hall–Kier alpha value is -0.180. The van der Waals surface area contributed by atoms with Crippen LogP contribution in [0.25, 0.3) is 0 Å². The van der Waals surface area contributed by atoms with E-state index < -0.39 is 30.8 Å². The van der Waals surface area contributed by atoms with Crippen LogP contribution in [0.1, 0.15) is 0 Å². The van der Waals surface area contributed by atoms with Gasteiger partial charge in [0.15, 0.2) is 0 Å². The van der Waals surface area contributed by atoms with E-state index in [0.29, 0.717) is 3.57 Å². The second-order valence-corrected chi connectivity index (χ2v) is 7.47. The standard InChI is InChI=1S/C7H9IO4S/c1-13(10,11)12-8(9)7-5-3-2-4-6-7/h2-6,9H,1H3. The molecule has 0 aromatic heterocycles. The van der Waals surface area contributed by atoms with Crippen LogP contribution in [0.2, 0.25) is 0 Å². The van der Waals surface area contributed by atoms with Crippen molar-refractivity contribution >= 4 is 30.8 Å². The maximum absolute atomic E-state index is 10.7. The van der Waals surface area contributed by atoms with Gasteiger partial charge in [0.2, 0.25) is 0 Å². The Labute approximate surface area is 85.2 Å². The van der Waals surface area contributed by atoms with E-state index in [0.717, 1.165) is 6.26 Å². The van der Waals surface area contributed by atoms with Crippen LogP contribution in [0.5, 0.6) is 0 Å². The summed E-state index contributed by atoms with van der Waals surface area (Å²) in [5.41, 5.74) is 0. The second kappa shape index (κ2) is 4.36. The van der Waals surface area contributed by atoms with Gasteiger partial charge in [-0.2, -0.15) is 0 Å². The average Bonchev–Trinajstić information content (AvgIpc) is 2.03. The fraction of sp³-hybridized carbons (Fsp3) is 0.143. The van der Waals surface area contributed by atoms with Crippen LogP contribution in [0.15, 0.2) is 30.3 Å². The van der Waals surface area contributed by atoms with Crippen LogP contribution < -0.4 is 0 Å². The monoisotopic (exact) mass is 316 g/mol. The summed E-state index contributed by atoms with van der Waals surface area (Å²) in [5, 5.41) is 0. The summed E-state index contributed by atoms with van der Waals surface area (Å²) in [7, 11) is -3.55. The zero-order valence-electron chi connectivity index (χ0n) is 6.84. The summed E-state index contributed by atoms with van der Waals surface area (Å²) in [6.07, 6.45) is 0.927. The summed E-state index contributed by atoms with van der Waals surface area (Å²) in [6, 6.07) is 8.53. The van der Waals surface area contributed by atoms with Crippen molar-refractivity contribution in [2.45, 2.75) is 0 Å². The Morgan fingerprint density at radius 1 is 1.31 bits per heavy atom. The predicted octanol–water partition coefficient (Wildman–Crippen LogP) is 1.16. The van der Waals surface area contributed by atoms with Crippen molar-refractivity contribution < 1.29 is 14.4 Å². The number of hydrogen-bond acceptors (Lipinski definition) is 4. The van der Waals surface area contributed by atoms with Crippen LogP contribution in [0.3, 0.4) is 0 Å². The SMILES string of the molecule is CS(=O)(=O)OI(O)c1ccccc1. The third-order valence-corrected chi connectivity index (χ3v) is 6.21. The molecule has 1 N–H and O–H groups in total. The van der Waals surface area contributed by atoms with E-state index in [9.17, 15) is 11.9 Å². The number of rotatable bonds is 3. The predicted molar refractivity (Wildman–Crippen MR) is 57.3 cm³/mol. The third-order valence-electron chi connectivity index (χ3n) is 1.09. The molecule has 0 unspecified atom stereocenters. The van der Waals surface area contributed by atoms with Crippen LogP contribution in [0, 0.1) is 3.57 Å². The number of hydrogen-bond donors (Lipinski definition) is 1. The van der Waals surface area contributed by atoms with E-state index in [1.165, 1.54) is 0 Å². The van der Waals surface area contributed by atoms with Gasteiger partial charge < -0.3 is 0 Å². The number of halogens is 1. The van der Waals surface area contributed by atoms with Crippen LogP contribution in [0.4, 0.5) is 0 Å². The molecule has 0 bridgehead atoms. The van der Waals surface area contributed by atoms with Crippen molar-refractivity contribution in [3.05, 3.63) is 33.9 Å². The number of benzene rings is 1. The van der Waals surface area contributed by atoms with Gasteiger partial charge in [-0.15, -0.1) is 0 Å². The minimum atomic E-state index is -3.55. The fourth-order valence-electron chi connectivity index (χ4n) is 0.667. The summed E-state index contributed by atoms with van der Waals surface area (Å²) in [6.45, 7) is 0. The van der Waals surface area contributed by atoms with Gasteiger partial charge >= 0.3 is 85.3 Å². The Balaban J connectivity index is 2.76. The molecule has 0 atom stereocenters. The first-order valence-corrected chi connectivity index (χ1v) is 8.07. The van der Waals surface area contributed by atoms with Crippen molar-refractivity contribution in [1.82, 2.24) is 0 Å². The summed E-state index contributed by atoms with van der Waals surface area (Å²) >= 11 is -2.95. The molecule has 0 aliphatic rings. The van der Waals surface area contributed by atoms with Gasteiger partial charge in [-0.25, -0.2) is 0 Å². The summed E-state index contributed by atoms with van der Waals surface area (Å²) in [5.74, 6) is 0. The molecule has 0 aliphatic heterocycles. The van der Waals surface area contributed by atoms with Crippen molar-refractivity contribution in [2.24, 2.45) is 0 Å². The van der Waals surface area contributed by atoms with Crippen LogP contribution in [-0.2, 0) is 12.6 Å². The molecule has 0 fully saturated rings. The molecule has 4 nitrogen and oxygen atoms in total. The molecule has 1 rings (SSSR count). The Morgan fingerprint density at radius 3 is 2.31 bits per heavy atom. The average molecular weight is 316 g/mol. The van der Waals surface area contributed by atoms with E-state index in [4.69, 9.17) is 0 Å². The van der Waals surface area contributed by atoms with E-state index in [1.807, 2.05) is 0 Å². The van der Waals surface area contributed by atoms with Gasteiger partial charge in [-0.3, -0.25) is 0 Å². The quantitative estimate of drug-likeness (QED) is 0.850. The van der Waals surface area contributed by atoms with E-state index in [1.54, 1.807) is 30.3 Å². The molecular weight excluding hydrogens is 307 g/mol. The molecule has 13 heavy (non-hydrogen) atoms. The molecule has 0 heterocycles.